The van der Waals surface area contributed by atoms with E-state index in [1.165, 1.54) is 175 Å². The lowest BCUT2D eigenvalue weighted by Crippen LogP contribution is -2.17. The average Bonchev–Trinajstić information content (AvgIpc) is 1.91. The fourth-order valence-corrected chi connectivity index (χ4v) is 15.1. The second-order valence-electron chi connectivity index (χ2n) is 24.0. The standard InChI is InChI=1S/C78H66N4/c1-49(2)64-47-73(81(66-38-19-25-51-23-11-13-31-55(51)66)71-41-22-40-70-77(71)61-34-16-18-37-69(61)79(70)53-27-7-5-8-28-53)62-45-43-59-65(50(3)4)48-74(63-46-44-58(64)75(62)76(59)63)82(67-39-20-26-52-24-12-14-32-56(52)67)72-42-21-35-60-57-33-15-17-36-68(57)80(78(60)72)54-29-9-6-10-30-54/h5-10,15-22,25-30,33-50H,11-14,23-24,31-32H2,1-4H3. The zero-order valence-corrected chi connectivity index (χ0v) is 47.4. The summed E-state index contributed by atoms with van der Waals surface area (Å²) in [6.07, 6.45) is 9.13. The molecule has 0 N–H and O–H groups in total. The highest BCUT2D eigenvalue weighted by atomic mass is 15.2. The number of aromatic nitrogens is 2. The summed E-state index contributed by atoms with van der Waals surface area (Å²) in [6.45, 7) is 9.60. The first-order valence-electron chi connectivity index (χ1n) is 30.2. The topological polar surface area (TPSA) is 16.3 Å². The van der Waals surface area contributed by atoms with Gasteiger partial charge in [-0.25, -0.2) is 0 Å². The second-order valence-corrected chi connectivity index (χ2v) is 24.0. The summed E-state index contributed by atoms with van der Waals surface area (Å²) in [5.41, 5.74) is 23.2. The van der Waals surface area contributed by atoms with Crippen molar-refractivity contribution in [2.24, 2.45) is 0 Å². The average molecular weight is 1060 g/mol. The molecular weight excluding hydrogens is 993 g/mol. The first-order chi connectivity index (χ1) is 40.4. The van der Waals surface area contributed by atoms with Crippen LogP contribution in [0, 0.1) is 0 Å². The third-order valence-corrected chi connectivity index (χ3v) is 18.7. The van der Waals surface area contributed by atoms with E-state index in [1.807, 2.05) is 0 Å². The zero-order chi connectivity index (χ0) is 54.7. The van der Waals surface area contributed by atoms with Crippen LogP contribution >= 0.6 is 0 Å². The molecule has 0 saturated carbocycles. The number of hydrogen-bond acceptors (Lipinski definition) is 2. The van der Waals surface area contributed by atoms with Crippen molar-refractivity contribution in [2.45, 2.75) is 90.9 Å². The molecule has 0 bridgehead atoms. The van der Waals surface area contributed by atoms with Crippen LogP contribution in [-0.4, -0.2) is 9.13 Å². The highest BCUT2D eigenvalue weighted by Gasteiger charge is 2.32. The van der Waals surface area contributed by atoms with E-state index in [2.05, 4.69) is 265 Å². The van der Waals surface area contributed by atoms with Gasteiger partial charge in [-0.2, -0.15) is 0 Å². The number of fused-ring (bicyclic) bond motifs is 8. The molecule has 4 nitrogen and oxygen atoms in total. The monoisotopic (exact) mass is 1060 g/mol. The lowest BCUT2D eigenvalue weighted by molar-refractivity contribution is 0.686. The summed E-state index contributed by atoms with van der Waals surface area (Å²) in [5.74, 6) is 0.497. The minimum Gasteiger partial charge on any atom is -0.309 e. The van der Waals surface area contributed by atoms with Crippen molar-refractivity contribution in [1.29, 1.82) is 0 Å². The number of para-hydroxylation sites is 5. The molecular formula is C78H66N4. The van der Waals surface area contributed by atoms with Crippen LogP contribution in [0.15, 0.2) is 218 Å². The Morgan fingerprint density at radius 3 is 1.32 bits per heavy atom. The van der Waals surface area contributed by atoms with Crippen LogP contribution < -0.4 is 9.80 Å². The Labute approximate surface area is 480 Å². The van der Waals surface area contributed by atoms with E-state index in [9.17, 15) is 0 Å². The molecule has 0 fully saturated rings. The molecule has 0 radical (unpaired) electrons. The molecule has 0 spiro atoms. The molecule has 2 aliphatic carbocycles. The van der Waals surface area contributed by atoms with Crippen molar-refractivity contribution in [1.82, 2.24) is 9.13 Å². The van der Waals surface area contributed by atoms with Gasteiger partial charge in [-0.05, 0) is 197 Å². The highest BCUT2D eigenvalue weighted by molar-refractivity contribution is 6.30. The van der Waals surface area contributed by atoms with Crippen molar-refractivity contribution in [2.75, 3.05) is 9.80 Å². The zero-order valence-electron chi connectivity index (χ0n) is 47.4. The van der Waals surface area contributed by atoms with Gasteiger partial charge in [0.25, 0.3) is 0 Å². The van der Waals surface area contributed by atoms with Crippen molar-refractivity contribution < 1.29 is 0 Å². The molecule has 82 heavy (non-hydrogen) atoms. The maximum absolute atomic E-state index is 2.71. The van der Waals surface area contributed by atoms with Gasteiger partial charge in [-0.1, -0.05) is 167 Å². The Bertz CT molecular complexity index is 4820. The molecule has 4 heteroatoms. The number of rotatable bonds is 10. The normalized spacial score (nSPS) is 13.7. The quantitative estimate of drug-likeness (QED) is 0.127. The summed E-state index contributed by atoms with van der Waals surface area (Å²) in [4.78, 5) is 5.42. The highest BCUT2D eigenvalue weighted by Crippen LogP contribution is 2.55. The van der Waals surface area contributed by atoms with Gasteiger partial charge in [-0.3, -0.25) is 0 Å². The molecule has 2 aromatic heterocycles. The van der Waals surface area contributed by atoms with Crippen LogP contribution in [0.4, 0.5) is 34.1 Å². The van der Waals surface area contributed by atoms with Gasteiger partial charge < -0.3 is 18.9 Å². The summed E-state index contributed by atoms with van der Waals surface area (Å²) in [6, 6.07) is 83.5. The molecule has 2 heterocycles. The first kappa shape index (κ1) is 48.8. The molecule has 0 aliphatic heterocycles. The predicted octanol–water partition coefficient (Wildman–Crippen LogP) is 21.7. The largest absolute Gasteiger partial charge is 0.309 e. The molecule has 398 valence electrons. The molecule has 12 aromatic carbocycles. The Kier molecular flexibility index (Phi) is 11.5. The molecule has 0 saturated heterocycles. The lowest BCUT2D eigenvalue weighted by atomic mass is 9.83. The summed E-state index contributed by atoms with van der Waals surface area (Å²) >= 11 is 0. The third kappa shape index (κ3) is 7.36. The van der Waals surface area contributed by atoms with Crippen molar-refractivity contribution in [3.8, 4) is 11.4 Å². The number of anilines is 6. The summed E-state index contributed by atoms with van der Waals surface area (Å²) in [7, 11) is 0. The van der Waals surface area contributed by atoms with Gasteiger partial charge in [0.05, 0.1) is 44.8 Å². The Hall–Kier alpha value is -9.12. The molecule has 16 rings (SSSR count). The Morgan fingerprint density at radius 1 is 0.305 bits per heavy atom. The fourth-order valence-electron chi connectivity index (χ4n) is 15.1. The van der Waals surface area contributed by atoms with Crippen molar-refractivity contribution in [3.63, 3.8) is 0 Å². The smallest absolute Gasteiger partial charge is 0.0782 e. The van der Waals surface area contributed by atoms with Gasteiger partial charge in [0.2, 0.25) is 0 Å². The second kappa shape index (κ2) is 19.3. The molecule has 14 aromatic rings. The molecule has 0 atom stereocenters. The van der Waals surface area contributed by atoms with Gasteiger partial charge >= 0.3 is 0 Å². The van der Waals surface area contributed by atoms with Crippen LogP contribution in [-0.2, 0) is 25.7 Å². The number of benzene rings is 12. The van der Waals surface area contributed by atoms with Crippen LogP contribution in [0.25, 0.3) is 87.3 Å². The van der Waals surface area contributed by atoms with E-state index < -0.39 is 0 Å². The predicted molar refractivity (Wildman–Crippen MR) is 350 cm³/mol. The maximum Gasteiger partial charge on any atom is 0.0782 e. The third-order valence-electron chi connectivity index (χ3n) is 18.7. The lowest BCUT2D eigenvalue weighted by Gasteiger charge is -2.34. The van der Waals surface area contributed by atoms with Gasteiger partial charge in [-0.15, -0.1) is 0 Å². The summed E-state index contributed by atoms with van der Waals surface area (Å²) < 4.78 is 5.00. The van der Waals surface area contributed by atoms with Crippen LogP contribution in [0.2, 0.25) is 0 Å². The number of nitrogens with zero attached hydrogens (tertiary/aromatic N) is 4. The number of hydrogen-bond donors (Lipinski definition) is 0. The van der Waals surface area contributed by atoms with Crippen molar-refractivity contribution >= 4 is 110 Å². The van der Waals surface area contributed by atoms with E-state index in [-0.39, 0.29) is 11.8 Å². The Balaban J connectivity index is 1.04. The molecule has 0 amide bonds. The maximum atomic E-state index is 2.71. The molecule has 2 aliphatic rings. The molecule has 0 unspecified atom stereocenters. The van der Waals surface area contributed by atoms with E-state index >= 15 is 0 Å². The van der Waals surface area contributed by atoms with Crippen molar-refractivity contribution in [3.05, 3.63) is 252 Å². The van der Waals surface area contributed by atoms with Gasteiger partial charge in [0, 0.05) is 55.1 Å². The minimum atomic E-state index is 0.248. The van der Waals surface area contributed by atoms with Crippen LogP contribution in [0.5, 0.6) is 0 Å². The number of aryl methyl sites for hydroxylation is 2. The first-order valence-corrected chi connectivity index (χ1v) is 30.2. The van der Waals surface area contributed by atoms with E-state index in [1.54, 1.807) is 0 Å². The SMILES string of the molecule is CC(C)c1cc(N(c2cccc3c2CCCC3)c2cccc3c2c2ccccc2n3-c2ccccc2)c2ccc3c(C(C)C)cc(N(c4cccc5c4CCCC5)c4cccc5c6ccccc6n(-c6ccccc6)c45)c4ccc1c2c34. The van der Waals surface area contributed by atoms with Gasteiger partial charge in [0.1, 0.15) is 0 Å². The van der Waals surface area contributed by atoms with Crippen LogP contribution in [0.3, 0.4) is 0 Å². The summed E-state index contributed by atoms with van der Waals surface area (Å²) in [5, 5.41) is 12.9. The van der Waals surface area contributed by atoms with Crippen LogP contribution in [0.1, 0.15) is 98.6 Å². The van der Waals surface area contributed by atoms with E-state index in [4.69, 9.17) is 0 Å². The van der Waals surface area contributed by atoms with E-state index in [0.717, 1.165) is 31.4 Å². The van der Waals surface area contributed by atoms with Gasteiger partial charge in [0.15, 0.2) is 0 Å². The fraction of sp³-hybridized carbons (Fsp3) is 0.179. The van der Waals surface area contributed by atoms with E-state index in [0.29, 0.717) is 0 Å². The Morgan fingerprint density at radius 2 is 0.732 bits per heavy atom. The minimum absolute atomic E-state index is 0.248.